The van der Waals surface area contributed by atoms with E-state index in [4.69, 9.17) is 4.74 Å². The Labute approximate surface area is 134 Å². The summed E-state index contributed by atoms with van der Waals surface area (Å²) in [5.41, 5.74) is 1.49. The van der Waals surface area contributed by atoms with Gasteiger partial charge in [0.25, 0.3) is 0 Å². The molecule has 0 saturated carbocycles. The van der Waals surface area contributed by atoms with Gasteiger partial charge < -0.3 is 15.4 Å². The highest BCUT2D eigenvalue weighted by Gasteiger charge is 2.18. The average Bonchev–Trinajstić information content (AvgIpc) is 2.57. The first-order valence-electron chi connectivity index (χ1n) is 8.38. The zero-order chi connectivity index (χ0) is 15.6. The van der Waals surface area contributed by atoms with Crippen LogP contribution in [0, 0.1) is 0 Å². The molecule has 0 aromatic heterocycles. The zero-order valence-corrected chi connectivity index (χ0v) is 13.8. The first kappa shape index (κ1) is 17.0. The number of nitrogens with one attached hydrogen (secondary N) is 2. The molecule has 1 fully saturated rings. The molecule has 2 aliphatic rings. The molecule has 124 valence electrons. The van der Waals surface area contributed by atoms with Gasteiger partial charge in [0, 0.05) is 39.3 Å². The van der Waals surface area contributed by atoms with E-state index in [1.54, 1.807) is 0 Å². The normalized spacial score (nSPS) is 21.3. The monoisotopic (exact) mass is 306 g/mol. The fourth-order valence-electron chi connectivity index (χ4n) is 2.96. The van der Waals surface area contributed by atoms with Crippen molar-refractivity contribution in [2.24, 2.45) is 4.99 Å². The van der Waals surface area contributed by atoms with Crippen molar-refractivity contribution in [3.8, 4) is 0 Å². The van der Waals surface area contributed by atoms with Gasteiger partial charge in [0.1, 0.15) is 0 Å². The van der Waals surface area contributed by atoms with Crippen molar-refractivity contribution in [2.45, 2.75) is 31.7 Å². The van der Waals surface area contributed by atoms with Crippen LogP contribution in [-0.4, -0.2) is 63.3 Å². The lowest BCUT2D eigenvalue weighted by atomic mass is 10.1. The number of piperidine rings is 1. The number of likely N-dealkylation sites (tertiary alicyclic amines) is 1. The molecular formula is C17H30N4O. The van der Waals surface area contributed by atoms with Crippen LogP contribution in [0.1, 0.15) is 25.7 Å². The summed E-state index contributed by atoms with van der Waals surface area (Å²) in [5.74, 6) is 0.926. The van der Waals surface area contributed by atoms with Gasteiger partial charge in [-0.05, 0) is 25.7 Å². The summed E-state index contributed by atoms with van der Waals surface area (Å²) < 4.78 is 5.33. The number of rotatable bonds is 6. The minimum atomic E-state index is 0.523. The Morgan fingerprint density at radius 1 is 1.50 bits per heavy atom. The molecule has 0 radical (unpaired) electrons. The number of nitrogens with zero attached hydrogens (tertiary/aromatic N) is 2. The lowest BCUT2D eigenvalue weighted by Gasteiger charge is -2.32. The highest BCUT2D eigenvalue weighted by atomic mass is 16.5. The molecule has 0 unspecified atom stereocenters. The second-order valence-corrected chi connectivity index (χ2v) is 5.94. The summed E-state index contributed by atoms with van der Waals surface area (Å²) in [6, 6.07) is 0.523. The van der Waals surface area contributed by atoms with Crippen LogP contribution in [-0.2, 0) is 4.74 Å². The van der Waals surface area contributed by atoms with E-state index in [0.717, 1.165) is 71.0 Å². The second-order valence-electron chi connectivity index (χ2n) is 5.94. The van der Waals surface area contributed by atoms with Gasteiger partial charge in [0.2, 0.25) is 0 Å². The molecule has 0 aromatic carbocycles. The van der Waals surface area contributed by atoms with E-state index < -0.39 is 0 Å². The highest BCUT2D eigenvalue weighted by molar-refractivity contribution is 5.79. The van der Waals surface area contributed by atoms with Crippen LogP contribution >= 0.6 is 0 Å². The van der Waals surface area contributed by atoms with Crippen LogP contribution in [0.4, 0.5) is 0 Å². The summed E-state index contributed by atoms with van der Waals surface area (Å²) >= 11 is 0. The molecule has 2 aliphatic heterocycles. The maximum Gasteiger partial charge on any atom is 0.191 e. The molecule has 2 rings (SSSR count). The fraction of sp³-hybridized carbons (Fsp3) is 0.706. The van der Waals surface area contributed by atoms with Crippen molar-refractivity contribution >= 4 is 5.96 Å². The SMILES string of the molecule is C=CCN1CCC(NC(=NC)NCCC2=CCOCC2)CC1. The van der Waals surface area contributed by atoms with Crippen molar-refractivity contribution < 1.29 is 4.74 Å². The summed E-state index contributed by atoms with van der Waals surface area (Å²) in [7, 11) is 1.84. The fourth-order valence-corrected chi connectivity index (χ4v) is 2.96. The van der Waals surface area contributed by atoms with Gasteiger partial charge in [-0.15, -0.1) is 6.58 Å². The molecule has 0 aromatic rings. The lowest BCUT2D eigenvalue weighted by Crippen LogP contribution is -2.48. The minimum absolute atomic E-state index is 0.523. The molecule has 1 saturated heterocycles. The van der Waals surface area contributed by atoms with E-state index in [2.05, 4.69) is 33.2 Å². The number of hydrogen-bond acceptors (Lipinski definition) is 3. The Bertz CT molecular complexity index is 397. The Morgan fingerprint density at radius 3 is 2.95 bits per heavy atom. The largest absolute Gasteiger partial charge is 0.377 e. The zero-order valence-electron chi connectivity index (χ0n) is 13.8. The van der Waals surface area contributed by atoms with Crippen LogP contribution in [0.3, 0.4) is 0 Å². The van der Waals surface area contributed by atoms with Gasteiger partial charge in [-0.1, -0.05) is 17.7 Å². The molecule has 22 heavy (non-hydrogen) atoms. The predicted octanol–water partition coefficient (Wildman–Crippen LogP) is 1.54. The standard InChI is InChI=1S/C17H30N4O/c1-3-10-21-11-5-16(6-12-21)20-17(18-2)19-9-4-15-7-13-22-14-8-15/h3,7,16H,1,4-6,8-14H2,2H3,(H2,18,19,20). The van der Waals surface area contributed by atoms with Crippen molar-refractivity contribution in [3.05, 3.63) is 24.3 Å². The topological polar surface area (TPSA) is 48.9 Å². The van der Waals surface area contributed by atoms with E-state index in [-0.39, 0.29) is 0 Å². The molecule has 0 bridgehead atoms. The van der Waals surface area contributed by atoms with Crippen LogP contribution in [0.15, 0.2) is 29.3 Å². The van der Waals surface area contributed by atoms with Crippen LogP contribution in [0.2, 0.25) is 0 Å². The Hall–Kier alpha value is -1.33. The minimum Gasteiger partial charge on any atom is -0.377 e. The number of hydrogen-bond donors (Lipinski definition) is 2. The van der Waals surface area contributed by atoms with Gasteiger partial charge in [-0.2, -0.15) is 0 Å². The molecule has 0 spiro atoms. The number of guanidine groups is 1. The van der Waals surface area contributed by atoms with Gasteiger partial charge >= 0.3 is 0 Å². The van der Waals surface area contributed by atoms with Gasteiger partial charge in [-0.3, -0.25) is 9.89 Å². The number of aliphatic imine (C=N–C) groups is 1. The molecule has 0 amide bonds. The van der Waals surface area contributed by atoms with Crippen molar-refractivity contribution in [3.63, 3.8) is 0 Å². The summed E-state index contributed by atoms with van der Waals surface area (Å²) in [6.45, 7) is 9.64. The third-order valence-corrected chi connectivity index (χ3v) is 4.34. The summed E-state index contributed by atoms with van der Waals surface area (Å²) in [4.78, 5) is 6.78. The maximum absolute atomic E-state index is 5.33. The first-order valence-corrected chi connectivity index (χ1v) is 8.38. The summed E-state index contributed by atoms with van der Waals surface area (Å²) in [6.07, 6.45) is 8.65. The second kappa shape index (κ2) is 9.64. The van der Waals surface area contributed by atoms with Crippen molar-refractivity contribution in [1.82, 2.24) is 15.5 Å². The van der Waals surface area contributed by atoms with Crippen molar-refractivity contribution in [2.75, 3.05) is 46.4 Å². The van der Waals surface area contributed by atoms with Crippen LogP contribution in [0.5, 0.6) is 0 Å². The van der Waals surface area contributed by atoms with E-state index in [0.29, 0.717) is 6.04 Å². The molecule has 5 heteroatoms. The Balaban J connectivity index is 1.65. The molecular weight excluding hydrogens is 276 g/mol. The smallest absolute Gasteiger partial charge is 0.191 e. The summed E-state index contributed by atoms with van der Waals surface area (Å²) in [5, 5.41) is 6.98. The Kier molecular flexibility index (Phi) is 7.46. The molecule has 2 N–H and O–H groups in total. The van der Waals surface area contributed by atoms with Gasteiger partial charge in [0.05, 0.1) is 13.2 Å². The predicted molar refractivity (Wildman–Crippen MR) is 92.3 cm³/mol. The molecule has 0 aliphatic carbocycles. The third-order valence-electron chi connectivity index (χ3n) is 4.34. The van der Waals surface area contributed by atoms with E-state index in [1.807, 2.05) is 13.1 Å². The lowest BCUT2D eigenvalue weighted by molar-refractivity contribution is 0.153. The van der Waals surface area contributed by atoms with E-state index in [1.165, 1.54) is 5.57 Å². The first-order chi connectivity index (χ1) is 10.8. The third kappa shape index (κ3) is 5.81. The average molecular weight is 306 g/mol. The quantitative estimate of drug-likeness (QED) is 0.444. The molecule has 0 atom stereocenters. The van der Waals surface area contributed by atoms with Crippen molar-refractivity contribution in [1.29, 1.82) is 0 Å². The Morgan fingerprint density at radius 2 is 2.32 bits per heavy atom. The van der Waals surface area contributed by atoms with E-state index in [9.17, 15) is 0 Å². The van der Waals surface area contributed by atoms with Crippen LogP contribution < -0.4 is 10.6 Å². The van der Waals surface area contributed by atoms with Crippen LogP contribution in [0.25, 0.3) is 0 Å². The number of ether oxygens (including phenoxy) is 1. The van der Waals surface area contributed by atoms with Gasteiger partial charge in [-0.25, -0.2) is 0 Å². The van der Waals surface area contributed by atoms with Gasteiger partial charge in [0.15, 0.2) is 5.96 Å². The van der Waals surface area contributed by atoms with E-state index >= 15 is 0 Å². The maximum atomic E-state index is 5.33. The molecule has 2 heterocycles. The highest BCUT2D eigenvalue weighted by Crippen LogP contribution is 2.11. The molecule has 5 nitrogen and oxygen atoms in total.